The number of nitrogens with zero attached hydrogens (tertiary/aromatic N) is 2. The van der Waals surface area contributed by atoms with Gasteiger partial charge in [-0.2, -0.15) is 8.78 Å². The molecule has 1 saturated heterocycles. The zero-order valence-corrected chi connectivity index (χ0v) is 20.6. The summed E-state index contributed by atoms with van der Waals surface area (Å²) in [5.41, 5.74) is 1.78. The number of hydrogen-bond acceptors (Lipinski definition) is 6. The number of carbonyl (C=O) groups is 2. The van der Waals surface area contributed by atoms with Gasteiger partial charge in [-0.15, -0.1) is 0 Å². The van der Waals surface area contributed by atoms with Crippen LogP contribution in [0.25, 0.3) is 10.9 Å². The van der Waals surface area contributed by atoms with Crippen LogP contribution in [0.5, 0.6) is 11.5 Å². The zero-order valence-electron chi connectivity index (χ0n) is 20.6. The number of likely N-dealkylation sites (tertiary alicyclic amines) is 1. The average molecular weight is 517 g/mol. The summed E-state index contributed by atoms with van der Waals surface area (Å²) in [6.07, 6.45) is 2.43. The van der Waals surface area contributed by atoms with E-state index >= 15 is 0 Å². The van der Waals surface area contributed by atoms with Crippen LogP contribution in [0, 0.1) is 5.82 Å². The van der Waals surface area contributed by atoms with Crippen LogP contribution in [0.1, 0.15) is 46.9 Å². The molecule has 1 aliphatic heterocycles. The summed E-state index contributed by atoms with van der Waals surface area (Å²) >= 11 is 0. The van der Waals surface area contributed by atoms with E-state index in [0.29, 0.717) is 23.2 Å². The van der Waals surface area contributed by atoms with E-state index in [1.807, 2.05) is 0 Å². The Morgan fingerprint density at radius 2 is 1.78 bits per heavy atom. The number of esters is 1. The second-order valence-electron chi connectivity index (χ2n) is 8.61. The minimum Gasteiger partial charge on any atom is -0.481 e. The number of aromatic nitrogens is 1. The number of pyridine rings is 1. The quantitative estimate of drug-likeness (QED) is 0.376. The number of ether oxygens (including phenoxy) is 3. The van der Waals surface area contributed by atoms with Crippen molar-refractivity contribution in [2.24, 2.45) is 0 Å². The van der Waals surface area contributed by atoms with Crippen molar-refractivity contribution in [3.05, 3.63) is 64.6 Å². The third-order valence-electron chi connectivity index (χ3n) is 6.28. The third kappa shape index (κ3) is 5.79. The van der Waals surface area contributed by atoms with Gasteiger partial charge in [0.2, 0.25) is 0 Å². The number of benzene rings is 2. The molecule has 1 amide bonds. The minimum atomic E-state index is -3.20. The maximum Gasteiger partial charge on any atom is 0.387 e. The van der Waals surface area contributed by atoms with Crippen LogP contribution >= 0.6 is 0 Å². The lowest BCUT2D eigenvalue weighted by molar-refractivity contribution is -0.142. The van der Waals surface area contributed by atoms with E-state index in [4.69, 9.17) is 9.47 Å². The maximum absolute atomic E-state index is 14.8. The van der Waals surface area contributed by atoms with Gasteiger partial charge in [-0.1, -0.05) is 19.1 Å². The van der Waals surface area contributed by atoms with Crippen molar-refractivity contribution in [3.8, 4) is 11.5 Å². The molecule has 0 radical (unpaired) electrons. The number of amides is 1. The van der Waals surface area contributed by atoms with Crippen molar-refractivity contribution < 1.29 is 37.0 Å². The largest absolute Gasteiger partial charge is 0.481 e. The van der Waals surface area contributed by atoms with Gasteiger partial charge in [-0.05, 0) is 49.1 Å². The number of carbonyl (C=O) groups excluding carboxylic acids is 2. The molecule has 2 aromatic carbocycles. The van der Waals surface area contributed by atoms with Gasteiger partial charge in [-0.3, -0.25) is 4.79 Å². The van der Waals surface area contributed by atoms with Gasteiger partial charge in [-0.25, -0.2) is 14.2 Å². The molecule has 0 atom stereocenters. The Bertz CT molecular complexity index is 1290. The van der Waals surface area contributed by atoms with E-state index in [0.717, 1.165) is 37.6 Å². The standard InChI is InChI=1S/C27H27F3N2O5/c1-3-20-18(14-16-6-8-17(9-7-16)26(34)32-12-4-5-13-32)25(37-27(29)30)23-21(36-15-22(33)35-2)11-10-19(28)24(23)31-20/h6-11,27H,3-5,12-15H2,1-2H3. The first-order valence-corrected chi connectivity index (χ1v) is 12.0. The monoisotopic (exact) mass is 516 g/mol. The maximum atomic E-state index is 14.8. The fourth-order valence-electron chi connectivity index (χ4n) is 4.44. The van der Waals surface area contributed by atoms with Gasteiger partial charge in [0.05, 0.1) is 12.5 Å². The number of halogens is 3. The van der Waals surface area contributed by atoms with E-state index in [1.54, 1.807) is 36.1 Å². The van der Waals surface area contributed by atoms with Crippen molar-refractivity contribution in [2.45, 2.75) is 39.2 Å². The Balaban J connectivity index is 1.77. The summed E-state index contributed by atoms with van der Waals surface area (Å²) < 4.78 is 57.0. The summed E-state index contributed by atoms with van der Waals surface area (Å²) in [4.78, 5) is 30.5. The van der Waals surface area contributed by atoms with E-state index < -0.39 is 25.0 Å². The van der Waals surface area contributed by atoms with Crippen LogP contribution in [0.4, 0.5) is 13.2 Å². The molecule has 0 spiro atoms. The first-order valence-electron chi connectivity index (χ1n) is 12.0. The molecule has 2 heterocycles. The Hall–Kier alpha value is -3.82. The van der Waals surface area contributed by atoms with Crippen molar-refractivity contribution in [3.63, 3.8) is 0 Å². The molecule has 3 aromatic rings. The SMILES string of the molecule is CCc1nc2c(F)ccc(OCC(=O)OC)c2c(OC(F)F)c1Cc1ccc(C(=O)N2CCCC2)cc1. The minimum absolute atomic E-state index is 0.0413. The topological polar surface area (TPSA) is 78.0 Å². The molecular weight excluding hydrogens is 489 g/mol. The highest BCUT2D eigenvalue weighted by Crippen LogP contribution is 2.40. The Labute approximate surface area is 212 Å². The highest BCUT2D eigenvalue weighted by atomic mass is 19.3. The number of fused-ring (bicyclic) bond motifs is 1. The molecule has 10 heteroatoms. The van der Waals surface area contributed by atoms with E-state index in [9.17, 15) is 22.8 Å². The van der Waals surface area contributed by atoms with Crippen LogP contribution in [0.15, 0.2) is 36.4 Å². The van der Waals surface area contributed by atoms with Gasteiger partial charge >= 0.3 is 12.6 Å². The molecular formula is C27H27F3N2O5. The summed E-state index contributed by atoms with van der Waals surface area (Å²) in [6, 6.07) is 9.22. The van der Waals surface area contributed by atoms with Crippen LogP contribution < -0.4 is 9.47 Å². The molecule has 0 aliphatic carbocycles. The number of rotatable bonds is 9. The van der Waals surface area contributed by atoms with Crippen molar-refractivity contribution in [1.29, 1.82) is 0 Å². The Morgan fingerprint density at radius 3 is 2.41 bits per heavy atom. The molecule has 1 aliphatic rings. The lowest BCUT2D eigenvalue weighted by Gasteiger charge is -2.19. The van der Waals surface area contributed by atoms with Gasteiger partial charge in [0.15, 0.2) is 6.61 Å². The molecule has 37 heavy (non-hydrogen) atoms. The molecule has 196 valence electrons. The van der Waals surface area contributed by atoms with E-state index in [1.165, 1.54) is 13.2 Å². The smallest absolute Gasteiger partial charge is 0.387 e. The summed E-state index contributed by atoms with van der Waals surface area (Å²) in [5, 5.41) is -0.0998. The van der Waals surface area contributed by atoms with Crippen LogP contribution in [-0.4, -0.2) is 55.2 Å². The van der Waals surface area contributed by atoms with Crippen molar-refractivity contribution >= 4 is 22.8 Å². The van der Waals surface area contributed by atoms with Gasteiger partial charge in [0.25, 0.3) is 5.91 Å². The molecule has 0 bridgehead atoms. The van der Waals surface area contributed by atoms with E-state index in [2.05, 4.69) is 9.72 Å². The molecule has 1 aromatic heterocycles. The predicted molar refractivity (Wildman–Crippen MR) is 130 cm³/mol. The normalized spacial score (nSPS) is 13.3. The number of hydrogen-bond donors (Lipinski definition) is 0. The summed E-state index contributed by atoms with van der Waals surface area (Å²) in [5.74, 6) is -1.80. The van der Waals surface area contributed by atoms with Crippen molar-refractivity contribution in [1.82, 2.24) is 9.88 Å². The van der Waals surface area contributed by atoms with Crippen molar-refractivity contribution in [2.75, 3.05) is 26.8 Å². The second kappa shape index (κ2) is 11.5. The van der Waals surface area contributed by atoms with Crippen LogP contribution in [0.3, 0.4) is 0 Å². The number of methoxy groups -OCH3 is 1. The van der Waals surface area contributed by atoms with E-state index in [-0.39, 0.29) is 34.7 Å². The lowest BCUT2D eigenvalue weighted by Crippen LogP contribution is -2.27. The van der Waals surface area contributed by atoms with Gasteiger partial charge < -0.3 is 19.1 Å². The highest BCUT2D eigenvalue weighted by Gasteiger charge is 2.25. The Morgan fingerprint density at radius 1 is 1.08 bits per heavy atom. The first kappa shape index (κ1) is 26.2. The molecule has 0 saturated carbocycles. The molecule has 0 unspecified atom stereocenters. The van der Waals surface area contributed by atoms with Gasteiger partial charge in [0.1, 0.15) is 22.8 Å². The lowest BCUT2D eigenvalue weighted by atomic mass is 9.97. The average Bonchev–Trinajstić information content (AvgIpc) is 3.44. The number of alkyl halides is 2. The highest BCUT2D eigenvalue weighted by molar-refractivity contribution is 5.95. The first-order chi connectivity index (χ1) is 17.8. The second-order valence-corrected chi connectivity index (χ2v) is 8.61. The Kier molecular flexibility index (Phi) is 8.15. The predicted octanol–water partition coefficient (Wildman–Crippen LogP) is 4.92. The van der Waals surface area contributed by atoms with Crippen LogP contribution in [-0.2, 0) is 22.4 Å². The molecule has 0 N–H and O–H groups in total. The fourth-order valence-corrected chi connectivity index (χ4v) is 4.44. The summed E-state index contributed by atoms with van der Waals surface area (Å²) in [7, 11) is 1.18. The zero-order chi connectivity index (χ0) is 26.5. The fraction of sp³-hybridized carbons (Fsp3) is 0.370. The molecule has 4 rings (SSSR count). The van der Waals surface area contributed by atoms with Crippen LogP contribution in [0.2, 0.25) is 0 Å². The molecule has 7 nitrogen and oxygen atoms in total. The number of aryl methyl sites for hydroxylation is 1. The summed E-state index contributed by atoms with van der Waals surface area (Å²) in [6.45, 7) is -0.478. The van der Waals surface area contributed by atoms with Gasteiger partial charge in [0, 0.05) is 36.3 Å². The molecule has 1 fully saturated rings. The third-order valence-corrected chi connectivity index (χ3v) is 6.28.